The summed E-state index contributed by atoms with van der Waals surface area (Å²) in [6, 6.07) is -6.02. The molecule has 0 spiro atoms. The smallest absolute Gasteiger partial charge is 0.326 e. The molecule has 0 radical (unpaired) electrons. The van der Waals surface area contributed by atoms with Crippen molar-refractivity contribution in [1.29, 1.82) is 0 Å². The summed E-state index contributed by atoms with van der Waals surface area (Å²) in [5.74, 6) is -8.18. The lowest BCUT2D eigenvalue weighted by molar-refractivity contribution is -0.143. The molecule has 0 aliphatic carbocycles. The van der Waals surface area contributed by atoms with E-state index < -0.39 is 91.4 Å². The van der Waals surface area contributed by atoms with Crippen molar-refractivity contribution >= 4 is 41.5 Å². The number of amides is 4. The second kappa shape index (κ2) is 15.9. The van der Waals surface area contributed by atoms with Crippen molar-refractivity contribution in [1.82, 2.24) is 16.0 Å². The number of carbonyl (C=O) groups excluding carboxylic acids is 4. The molecule has 0 rings (SSSR count). The second-order valence-electron chi connectivity index (χ2n) is 7.61. The third-order valence-corrected chi connectivity index (χ3v) is 4.61. The average molecular weight is 504 g/mol. The van der Waals surface area contributed by atoms with Crippen LogP contribution >= 0.6 is 0 Å². The molecule has 0 bridgehead atoms. The molecule has 0 heterocycles. The van der Waals surface area contributed by atoms with Crippen LogP contribution in [0.5, 0.6) is 0 Å². The number of primary amides is 1. The molecule has 0 saturated carbocycles. The van der Waals surface area contributed by atoms with Crippen molar-refractivity contribution in [2.45, 2.75) is 69.1 Å². The molecule has 4 amide bonds. The van der Waals surface area contributed by atoms with Gasteiger partial charge >= 0.3 is 17.9 Å². The summed E-state index contributed by atoms with van der Waals surface area (Å²) in [6.45, 7) is 0.264. The van der Waals surface area contributed by atoms with Crippen molar-refractivity contribution in [2.75, 3.05) is 6.54 Å². The topological polar surface area (TPSA) is 294 Å². The minimum Gasteiger partial charge on any atom is -0.481 e. The highest BCUT2D eigenvalue weighted by molar-refractivity contribution is 5.95. The first-order valence-corrected chi connectivity index (χ1v) is 10.6. The van der Waals surface area contributed by atoms with Crippen LogP contribution < -0.4 is 33.2 Å². The van der Waals surface area contributed by atoms with Gasteiger partial charge in [-0.15, -0.1) is 0 Å². The molecule has 0 aliphatic rings. The molecule has 16 heteroatoms. The Morgan fingerprint density at radius 1 is 0.686 bits per heavy atom. The maximum atomic E-state index is 12.8. The van der Waals surface area contributed by atoms with Gasteiger partial charge in [-0.2, -0.15) is 0 Å². The fourth-order valence-electron chi connectivity index (χ4n) is 2.80. The second-order valence-corrected chi connectivity index (χ2v) is 7.61. The first-order chi connectivity index (χ1) is 16.3. The van der Waals surface area contributed by atoms with Gasteiger partial charge in [-0.1, -0.05) is 0 Å². The van der Waals surface area contributed by atoms with E-state index >= 15 is 0 Å². The zero-order valence-corrected chi connectivity index (χ0v) is 18.9. The highest BCUT2D eigenvalue weighted by atomic mass is 16.4. The highest BCUT2D eigenvalue weighted by Gasteiger charge is 2.31. The SMILES string of the molecule is NCCCCC(NC(=O)C(CCC(=O)O)NC(=O)C(N)CC(=O)O)C(=O)NC(CC(N)=O)C(=O)O. The third kappa shape index (κ3) is 13.5. The molecule has 0 aromatic rings. The number of hydrogen-bond acceptors (Lipinski definition) is 9. The molecule has 4 atom stereocenters. The maximum Gasteiger partial charge on any atom is 0.326 e. The van der Waals surface area contributed by atoms with Crippen LogP contribution in [0.2, 0.25) is 0 Å². The molecule has 0 aromatic carbocycles. The number of nitrogens with two attached hydrogens (primary N) is 3. The number of carboxylic acids is 3. The van der Waals surface area contributed by atoms with E-state index in [0.29, 0.717) is 12.8 Å². The van der Waals surface area contributed by atoms with Gasteiger partial charge in [0.05, 0.1) is 18.9 Å². The molecule has 0 fully saturated rings. The van der Waals surface area contributed by atoms with Crippen molar-refractivity contribution < 1.29 is 48.9 Å². The molecule has 4 unspecified atom stereocenters. The molecule has 0 aromatic heterocycles. The lowest BCUT2D eigenvalue weighted by Gasteiger charge is -2.25. The zero-order chi connectivity index (χ0) is 27.1. The monoisotopic (exact) mass is 504 g/mol. The Kier molecular flexibility index (Phi) is 14.2. The number of carboxylic acid groups (broad SMARTS) is 3. The number of nitrogens with one attached hydrogen (secondary N) is 3. The van der Waals surface area contributed by atoms with Crippen LogP contribution in [0, 0.1) is 0 Å². The summed E-state index contributed by atoms with van der Waals surface area (Å²) in [5, 5.41) is 33.5. The number of aliphatic carboxylic acids is 3. The van der Waals surface area contributed by atoms with E-state index in [1.54, 1.807) is 0 Å². The highest BCUT2D eigenvalue weighted by Crippen LogP contribution is 2.06. The molecule has 0 aliphatic heterocycles. The standard InChI is InChI=1S/C19H32N6O10/c20-6-2-1-3-10(17(32)25-12(19(34)35)8-13(22)26)24-18(33)11(4-5-14(27)28)23-16(31)9(21)7-15(29)30/h9-12H,1-8,20-21H2,(H2,22,26)(H,23,31)(H,24,33)(H,25,32)(H,27,28)(H,29,30)(H,34,35). The first kappa shape index (κ1) is 31.2. The molecule has 0 saturated heterocycles. The molecule has 35 heavy (non-hydrogen) atoms. The minimum absolute atomic E-state index is 0.00416. The number of hydrogen-bond donors (Lipinski definition) is 9. The van der Waals surface area contributed by atoms with E-state index in [1.165, 1.54) is 0 Å². The van der Waals surface area contributed by atoms with Crippen LogP contribution in [0.25, 0.3) is 0 Å². The van der Waals surface area contributed by atoms with E-state index in [2.05, 4.69) is 16.0 Å². The zero-order valence-electron chi connectivity index (χ0n) is 18.9. The van der Waals surface area contributed by atoms with Crippen LogP contribution in [-0.2, 0) is 33.6 Å². The van der Waals surface area contributed by atoms with Gasteiger partial charge in [-0.3, -0.25) is 28.8 Å². The van der Waals surface area contributed by atoms with E-state index in [9.17, 15) is 38.7 Å². The van der Waals surface area contributed by atoms with Gasteiger partial charge in [0.2, 0.25) is 23.6 Å². The molecule has 12 N–H and O–H groups in total. The predicted octanol–water partition coefficient (Wildman–Crippen LogP) is -3.80. The van der Waals surface area contributed by atoms with Crippen LogP contribution in [-0.4, -0.2) is 87.6 Å². The normalized spacial score (nSPS) is 14.0. The quantitative estimate of drug-likeness (QED) is 0.0812. The lowest BCUT2D eigenvalue weighted by atomic mass is 10.0. The summed E-state index contributed by atoms with van der Waals surface area (Å²) in [4.78, 5) is 81.7. The largest absolute Gasteiger partial charge is 0.481 e. The summed E-state index contributed by atoms with van der Waals surface area (Å²) in [6.07, 6.45) is -1.65. The van der Waals surface area contributed by atoms with Gasteiger partial charge in [-0.05, 0) is 32.2 Å². The van der Waals surface area contributed by atoms with Crippen molar-refractivity contribution in [3.63, 3.8) is 0 Å². The Hall–Kier alpha value is -3.79. The van der Waals surface area contributed by atoms with Gasteiger partial charge in [0.15, 0.2) is 0 Å². The van der Waals surface area contributed by atoms with Crippen LogP contribution in [0.1, 0.15) is 44.9 Å². The Morgan fingerprint density at radius 2 is 1.20 bits per heavy atom. The van der Waals surface area contributed by atoms with Gasteiger partial charge in [0.1, 0.15) is 18.1 Å². The Balaban J connectivity index is 5.61. The van der Waals surface area contributed by atoms with E-state index in [0.717, 1.165) is 0 Å². The summed E-state index contributed by atoms with van der Waals surface area (Å²) < 4.78 is 0. The fourth-order valence-corrected chi connectivity index (χ4v) is 2.80. The van der Waals surface area contributed by atoms with Crippen LogP contribution in [0.3, 0.4) is 0 Å². The number of carbonyl (C=O) groups is 7. The van der Waals surface area contributed by atoms with Crippen LogP contribution in [0.4, 0.5) is 0 Å². The predicted molar refractivity (Wildman–Crippen MR) is 117 cm³/mol. The summed E-state index contributed by atoms with van der Waals surface area (Å²) in [7, 11) is 0. The van der Waals surface area contributed by atoms with Gasteiger partial charge in [-0.25, -0.2) is 4.79 Å². The van der Waals surface area contributed by atoms with Gasteiger partial charge in [0.25, 0.3) is 0 Å². The Bertz CT molecular complexity index is 805. The molecule has 198 valence electrons. The van der Waals surface area contributed by atoms with Crippen molar-refractivity contribution in [2.24, 2.45) is 17.2 Å². The molecular formula is C19H32N6O10. The van der Waals surface area contributed by atoms with Crippen molar-refractivity contribution in [3.8, 4) is 0 Å². The molecular weight excluding hydrogens is 472 g/mol. The Morgan fingerprint density at radius 3 is 1.66 bits per heavy atom. The fraction of sp³-hybridized carbons (Fsp3) is 0.632. The number of rotatable bonds is 18. The Labute approximate surface area is 199 Å². The van der Waals surface area contributed by atoms with E-state index in [4.69, 9.17) is 27.4 Å². The summed E-state index contributed by atoms with van der Waals surface area (Å²) >= 11 is 0. The van der Waals surface area contributed by atoms with Gasteiger partial charge < -0.3 is 48.5 Å². The van der Waals surface area contributed by atoms with Crippen molar-refractivity contribution in [3.05, 3.63) is 0 Å². The third-order valence-electron chi connectivity index (χ3n) is 4.61. The number of unbranched alkanes of at least 4 members (excludes halogenated alkanes) is 1. The van der Waals surface area contributed by atoms with Gasteiger partial charge in [0, 0.05) is 6.42 Å². The lowest BCUT2D eigenvalue weighted by Crippen LogP contribution is -2.57. The minimum atomic E-state index is -1.66. The van der Waals surface area contributed by atoms with E-state index in [1.807, 2.05) is 0 Å². The van der Waals surface area contributed by atoms with E-state index in [-0.39, 0.29) is 13.0 Å². The summed E-state index contributed by atoms with van der Waals surface area (Å²) in [5.41, 5.74) is 15.9. The maximum absolute atomic E-state index is 12.8. The molecule has 16 nitrogen and oxygen atoms in total. The first-order valence-electron chi connectivity index (χ1n) is 10.6. The van der Waals surface area contributed by atoms with Crippen LogP contribution in [0.15, 0.2) is 0 Å². The average Bonchev–Trinajstić information content (AvgIpc) is 2.74.